The zero-order valence-corrected chi connectivity index (χ0v) is 11.3. The van der Waals surface area contributed by atoms with Crippen LogP contribution in [0.1, 0.15) is 16.7 Å². The lowest BCUT2D eigenvalue weighted by Crippen LogP contribution is -2.13. The molecule has 19 heavy (non-hydrogen) atoms. The molecule has 0 saturated heterocycles. The molecule has 0 saturated carbocycles. The van der Waals surface area contributed by atoms with Gasteiger partial charge < -0.3 is 4.74 Å². The molecular weight excluding hydrogens is 236 g/mol. The Bertz CT molecular complexity index is 538. The van der Waals surface area contributed by atoms with Crippen molar-refractivity contribution in [3.8, 4) is 5.75 Å². The van der Waals surface area contributed by atoms with Crippen molar-refractivity contribution < 1.29 is 9.53 Å². The first-order chi connectivity index (χ1) is 9.13. The number of hydrogen-bond donors (Lipinski definition) is 0. The van der Waals surface area contributed by atoms with E-state index in [9.17, 15) is 4.79 Å². The maximum absolute atomic E-state index is 11.9. The van der Waals surface area contributed by atoms with Gasteiger partial charge in [0.15, 0.2) is 5.78 Å². The zero-order valence-electron chi connectivity index (χ0n) is 11.3. The average Bonchev–Trinajstić information content (AvgIpc) is 2.36. The van der Waals surface area contributed by atoms with Crippen molar-refractivity contribution >= 4 is 5.78 Å². The van der Waals surface area contributed by atoms with E-state index < -0.39 is 0 Å². The predicted octanol–water partition coefficient (Wildman–Crippen LogP) is 3.49. The number of para-hydroxylation sites is 1. The Kier molecular flexibility index (Phi) is 4.35. The summed E-state index contributed by atoms with van der Waals surface area (Å²) in [5.74, 6) is 0.824. The number of ketones is 1. The Morgan fingerprint density at radius 3 is 2.26 bits per heavy atom. The Morgan fingerprint density at radius 1 is 1.00 bits per heavy atom. The fourth-order valence-corrected chi connectivity index (χ4v) is 2.13. The van der Waals surface area contributed by atoms with E-state index in [-0.39, 0.29) is 12.4 Å². The largest absolute Gasteiger partial charge is 0.486 e. The van der Waals surface area contributed by atoms with Crippen LogP contribution < -0.4 is 4.74 Å². The first kappa shape index (κ1) is 13.3. The van der Waals surface area contributed by atoms with Gasteiger partial charge in [0.05, 0.1) is 0 Å². The molecular formula is C17H18O2. The number of aryl methyl sites for hydroxylation is 2. The highest BCUT2D eigenvalue weighted by atomic mass is 16.5. The summed E-state index contributed by atoms with van der Waals surface area (Å²) >= 11 is 0. The highest BCUT2D eigenvalue weighted by Gasteiger charge is 2.06. The molecule has 2 heteroatoms. The van der Waals surface area contributed by atoms with Crippen LogP contribution in [0.2, 0.25) is 0 Å². The van der Waals surface area contributed by atoms with Crippen LogP contribution in [0, 0.1) is 13.8 Å². The van der Waals surface area contributed by atoms with Crippen molar-refractivity contribution in [1.29, 1.82) is 0 Å². The summed E-state index contributed by atoms with van der Waals surface area (Å²) in [6.07, 6.45) is 0.426. The molecule has 0 spiro atoms. The molecule has 0 aliphatic carbocycles. The molecule has 2 aromatic carbocycles. The van der Waals surface area contributed by atoms with Crippen LogP contribution in [-0.4, -0.2) is 12.4 Å². The molecule has 0 amide bonds. The van der Waals surface area contributed by atoms with Gasteiger partial charge in [-0.05, 0) is 31.5 Å². The van der Waals surface area contributed by atoms with Gasteiger partial charge in [0, 0.05) is 6.42 Å². The van der Waals surface area contributed by atoms with Crippen molar-refractivity contribution in [2.75, 3.05) is 6.61 Å². The standard InChI is InChI=1S/C17H18O2/c1-13-8-14(2)10-15(9-13)11-16(18)12-19-17-6-4-3-5-7-17/h3-10H,11-12H2,1-2H3. The van der Waals surface area contributed by atoms with Gasteiger partial charge in [0.25, 0.3) is 0 Å². The van der Waals surface area contributed by atoms with E-state index in [1.807, 2.05) is 56.3 Å². The minimum Gasteiger partial charge on any atom is -0.486 e. The summed E-state index contributed by atoms with van der Waals surface area (Å²) in [5, 5.41) is 0. The van der Waals surface area contributed by atoms with Crippen molar-refractivity contribution in [2.24, 2.45) is 0 Å². The van der Waals surface area contributed by atoms with Crippen LogP contribution in [0.4, 0.5) is 0 Å². The topological polar surface area (TPSA) is 26.3 Å². The molecule has 0 bridgehead atoms. The minimum absolute atomic E-state index is 0.0915. The Morgan fingerprint density at radius 2 is 1.63 bits per heavy atom. The first-order valence-electron chi connectivity index (χ1n) is 6.40. The Hall–Kier alpha value is -2.09. The van der Waals surface area contributed by atoms with Gasteiger partial charge in [-0.1, -0.05) is 47.5 Å². The lowest BCUT2D eigenvalue weighted by atomic mass is 10.0. The van der Waals surface area contributed by atoms with Crippen LogP contribution in [-0.2, 0) is 11.2 Å². The van der Waals surface area contributed by atoms with Gasteiger partial charge in [-0.25, -0.2) is 0 Å². The van der Waals surface area contributed by atoms with Gasteiger partial charge in [-0.15, -0.1) is 0 Å². The highest BCUT2D eigenvalue weighted by molar-refractivity contribution is 5.82. The van der Waals surface area contributed by atoms with E-state index in [4.69, 9.17) is 4.74 Å². The van der Waals surface area contributed by atoms with E-state index >= 15 is 0 Å². The van der Waals surface area contributed by atoms with Crippen molar-refractivity contribution in [2.45, 2.75) is 20.3 Å². The number of ether oxygens (including phenoxy) is 1. The first-order valence-corrected chi connectivity index (χ1v) is 6.40. The lowest BCUT2D eigenvalue weighted by molar-refractivity contribution is -0.120. The third-order valence-electron chi connectivity index (χ3n) is 2.83. The zero-order chi connectivity index (χ0) is 13.7. The fourth-order valence-electron chi connectivity index (χ4n) is 2.13. The van der Waals surface area contributed by atoms with Gasteiger partial charge in [-0.2, -0.15) is 0 Å². The van der Waals surface area contributed by atoms with Crippen molar-refractivity contribution in [3.05, 3.63) is 65.2 Å². The molecule has 0 radical (unpaired) electrons. The maximum atomic E-state index is 11.9. The number of Topliss-reactive ketones (excluding diaryl/α,β-unsaturated/α-hetero) is 1. The minimum atomic E-state index is 0.0915. The van der Waals surface area contributed by atoms with Crippen LogP contribution in [0.3, 0.4) is 0 Å². The van der Waals surface area contributed by atoms with E-state index in [1.165, 1.54) is 11.1 Å². The third kappa shape index (κ3) is 4.25. The normalized spacial score (nSPS) is 10.2. The summed E-state index contributed by atoms with van der Waals surface area (Å²) in [5.41, 5.74) is 3.43. The number of carbonyl (C=O) groups excluding carboxylic acids is 1. The van der Waals surface area contributed by atoms with Crippen LogP contribution in [0.25, 0.3) is 0 Å². The third-order valence-corrected chi connectivity index (χ3v) is 2.83. The molecule has 0 unspecified atom stereocenters. The van der Waals surface area contributed by atoms with Crippen LogP contribution in [0.15, 0.2) is 48.5 Å². The highest BCUT2D eigenvalue weighted by Crippen LogP contribution is 2.11. The Balaban J connectivity index is 1.91. The quantitative estimate of drug-likeness (QED) is 0.816. The van der Waals surface area contributed by atoms with Gasteiger partial charge in [-0.3, -0.25) is 4.79 Å². The Labute approximate surface area is 114 Å². The number of hydrogen-bond acceptors (Lipinski definition) is 2. The summed E-state index contributed by atoms with van der Waals surface area (Å²) in [6.45, 7) is 4.21. The predicted molar refractivity (Wildman–Crippen MR) is 76.6 cm³/mol. The summed E-state index contributed by atoms with van der Waals surface area (Å²) in [7, 11) is 0. The molecule has 0 atom stereocenters. The summed E-state index contributed by atoms with van der Waals surface area (Å²) in [6, 6.07) is 15.6. The fraction of sp³-hybridized carbons (Fsp3) is 0.235. The average molecular weight is 254 g/mol. The smallest absolute Gasteiger partial charge is 0.174 e. The van der Waals surface area contributed by atoms with E-state index in [0.717, 1.165) is 11.3 Å². The van der Waals surface area contributed by atoms with Crippen molar-refractivity contribution in [1.82, 2.24) is 0 Å². The maximum Gasteiger partial charge on any atom is 0.174 e. The van der Waals surface area contributed by atoms with Crippen LogP contribution >= 0.6 is 0 Å². The molecule has 0 fully saturated rings. The molecule has 98 valence electrons. The number of benzene rings is 2. The van der Waals surface area contributed by atoms with Crippen LogP contribution in [0.5, 0.6) is 5.75 Å². The number of rotatable bonds is 5. The van der Waals surface area contributed by atoms with Gasteiger partial charge in [0.1, 0.15) is 12.4 Å². The van der Waals surface area contributed by atoms with Gasteiger partial charge >= 0.3 is 0 Å². The van der Waals surface area contributed by atoms with E-state index in [2.05, 4.69) is 6.07 Å². The summed E-state index contributed by atoms with van der Waals surface area (Å²) < 4.78 is 5.45. The molecule has 2 aromatic rings. The molecule has 0 aliphatic rings. The second-order valence-electron chi connectivity index (χ2n) is 4.81. The second-order valence-corrected chi connectivity index (χ2v) is 4.81. The molecule has 2 nitrogen and oxygen atoms in total. The molecule has 0 aliphatic heterocycles. The van der Waals surface area contributed by atoms with E-state index in [1.54, 1.807) is 0 Å². The number of carbonyl (C=O) groups is 1. The molecule has 2 rings (SSSR count). The monoisotopic (exact) mass is 254 g/mol. The van der Waals surface area contributed by atoms with Crippen molar-refractivity contribution in [3.63, 3.8) is 0 Å². The molecule has 0 heterocycles. The van der Waals surface area contributed by atoms with E-state index in [0.29, 0.717) is 6.42 Å². The summed E-state index contributed by atoms with van der Waals surface area (Å²) in [4.78, 5) is 11.9. The molecule has 0 aromatic heterocycles. The lowest BCUT2D eigenvalue weighted by Gasteiger charge is -2.06. The van der Waals surface area contributed by atoms with Gasteiger partial charge in [0.2, 0.25) is 0 Å². The SMILES string of the molecule is Cc1cc(C)cc(CC(=O)COc2ccccc2)c1. The molecule has 0 N–H and O–H groups in total. The second kappa shape index (κ2) is 6.19.